The molecule has 0 bridgehead atoms. The molecule has 2 aliphatic carbocycles. The molecule has 0 atom stereocenters. The van der Waals surface area contributed by atoms with Crippen LogP contribution in [0.2, 0.25) is 0 Å². The van der Waals surface area contributed by atoms with Gasteiger partial charge in [-0.05, 0) is 199 Å². The molecular weight excluding hydrogens is 1170 g/mol. The number of unbranched alkanes of at least 4 members (excludes halogenated alkanes) is 10. The summed E-state index contributed by atoms with van der Waals surface area (Å²) < 4.78 is 9.58. The van der Waals surface area contributed by atoms with Crippen molar-refractivity contribution in [2.24, 2.45) is 0 Å². The van der Waals surface area contributed by atoms with Crippen molar-refractivity contribution in [1.29, 1.82) is 0 Å². The fourth-order valence-electron chi connectivity index (χ4n) is 16.0. The van der Waals surface area contributed by atoms with Gasteiger partial charge in [0.25, 0.3) is 0 Å². The van der Waals surface area contributed by atoms with Crippen LogP contribution in [0.25, 0.3) is 66.7 Å². The Morgan fingerprint density at radius 1 is 0.284 bits per heavy atom. The van der Waals surface area contributed by atoms with Gasteiger partial charge < -0.3 is 9.80 Å². The molecule has 0 saturated heterocycles. The van der Waals surface area contributed by atoms with Gasteiger partial charge in [-0.15, -0.1) is 0 Å². The second kappa shape index (κ2) is 27.6. The minimum atomic E-state index is -0.754. The molecule has 0 fully saturated rings. The van der Waals surface area contributed by atoms with Crippen molar-refractivity contribution in [1.82, 2.24) is 8.75 Å². The minimum absolute atomic E-state index is 0.158. The SMILES string of the molecule is CCCCCCCCC1(CCCCCCCC)c2cc(-c3ccc4c(c3)C(c3ccc(N(c5ccccc5)c5ccccc5)cc3)(c3ccc(N(c5ccccc5)c5ccccc5)cc3)c3cc(-c5ccccc5)ccc3-4)ccc2-c2ccc(-c3cccc4nsnc34)cc21. The summed E-state index contributed by atoms with van der Waals surface area (Å²) in [4.78, 5) is 4.75. The summed E-state index contributed by atoms with van der Waals surface area (Å²) in [5, 5.41) is 0. The highest BCUT2D eigenvalue weighted by Crippen LogP contribution is 2.60. The van der Waals surface area contributed by atoms with E-state index in [4.69, 9.17) is 8.75 Å². The van der Waals surface area contributed by atoms with E-state index in [1.807, 2.05) is 0 Å². The Morgan fingerprint density at radius 2 is 0.642 bits per heavy atom. The summed E-state index contributed by atoms with van der Waals surface area (Å²) in [5.41, 5.74) is 28.2. The monoisotopic (exact) mass is 1250 g/mol. The number of hydrogen-bond donors (Lipinski definition) is 0. The molecular formula is C90H82N4S. The smallest absolute Gasteiger partial charge is 0.112 e. The van der Waals surface area contributed by atoms with Crippen LogP contribution in [0.1, 0.15) is 137 Å². The number of fused-ring (bicyclic) bond motifs is 7. The van der Waals surface area contributed by atoms with Gasteiger partial charge in [-0.1, -0.05) is 279 Å². The van der Waals surface area contributed by atoms with Gasteiger partial charge in [-0.2, -0.15) is 8.75 Å². The van der Waals surface area contributed by atoms with Gasteiger partial charge in [0.2, 0.25) is 0 Å². The molecule has 0 radical (unpaired) electrons. The van der Waals surface area contributed by atoms with E-state index in [2.05, 4.69) is 315 Å². The van der Waals surface area contributed by atoms with Crippen LogP contribution >= 0.6 is 11.7 Å². The first kappa shape index (κ1) is 61.3. The second-order valence-corrected chi connectivity index (χ2v) is 26.8. The molecule has 95 heavy (non-hydrogen) atoms. The zero-order valence-corrected chi connectivity index (χ0v) is 55.6. The molecule has 0 aliphatic heterocycles. The number of benzene rings is 12. The number of rotatable bonds is 25. The van der Waals surface area contributed by atoms with Crippen LogP contribution in [0.3, 0.4) is 0 Å². The summed E-state index contributed by atoms with van der Waals surface area (Å²) in [6, 6.07) is 109. The van der Waals surface area contributed by atoms with E-state index in [-0.39, 0.29) is 5.41 Å². The van der Waals surface area contributed by atoms with Crippen molar-refractivity contribution in [2.75, 3.05) is 9.80 Å². The first-order valence-corrected chi connectivity index (χ1v) is 35.6. The standard InChI is InChI=1S/C90H82N4S/c1-3-5-7-9-11-28-59-89(60-29-12-10-8-6-4-2)83-61-67(44-55-79(83)80-58-46-69(64-84(80)89)78-41-30-42-87-88(78)92-95-91-87)68-45-57-82-81-56-43-66(65-31-18-13-19-32-65)62-85(81)90(86(82)63-68,70-47-51-76(52-48-70)93(72-33-20-14-21-34-72)73-35-22-15-23-36-73)71-49-53-77(54-50-71)94(74-37-24-16-25-38-74)75-39-26-17-27-40-75/h13-27,30-58,61-64H,3-12,28-29,59-60H2,1-2H3. The predicted octanol–water partition coefficient (Wildman–Crippen LogP) is 25.8. The first-order valence-electron chi connectivity index (χ1n) is 34.9. The number of aromatic nitrogens is 2. The van der Waals surface area contributed by atoms with E-state index >= 15 is 0 Å². The summed E-state index contributed by atoms with van der Waals surface area (Å²) in [5.74, 6) is 0. The van der Waals surface area contributed by atoms with Gasteiger partial charge >= 0.3 is 0 Å². The van der Waals surface area contributed by atoms with Crippen molar-refractivity contribution in [3.05, 3.63) is 325 Å². The predicted molar refractivity (Wildman–Crippen MR) is 403 cm³/mol. The number of hydrogen-bond acceptors (Lipinski definition) is 5. The third-order valence-electron chi connectivity index (χ3n) is 20.6. The summed E-state index contributed by atoms with van der Waals surface area (Å²) in [6.07, 6.45) is 17.4. The minimum Gasteiger partial charge on any atom is -0.311 e. The van der Waals surface area contributed by atoms with E-state index in [1.165, 1.54) is 178 Å². The maximum atomic E-state index is 4.88. The van der Waals surface area contributed by atoms with E-state index in [0.717, 1.165) is 58.0 Å². The fourth-order valence-corrected chi connectivity index (χ4v) is 16.5. The Morgan fingerprint density at radius 3 is 1.08 bits per heavy atom. The largest absolute Gasteiger partial charge is 0.311 e. The number of anilines is 6. The highest BCUT2D eigenvalue weighted by Gasteiger charge is 2.48. The van der Waals surface area contributed by atoms with Crippen LogP contribution in [-0.2, 0) is 10.8 Å². The molecule has 0 spiro atoms. The van der Waals surface area contributed by atoms with E-state index in [1.54, 1.807) is 0 Å². The lowest BCUT2D eigenvalue weighted by molar-refractivity contribution is 0.398. The van der Waals surface area contributed by atoms with Crippen LogP contribution in [0.4, 0.5) is 34.1 Å². The highest BCUT2D eigenvalue weighted by molar-refractivity contribution is 7.00. The molecule has 1 aromatic heterocycles. The molecule has 0 N–H and O–H groups in total. The molecule has 1 heterocycles. The van der Waals surface area contributed by atoms with Gasteiger partial charge in [0.15, 0.2) is 0 Å². The Bertz CT molecular complexity index is 4510. The van der Waals surface area contributed by atoms with Crippen LogP contribution in [0, 0.1) is 0 Å². The summed E-state index contributed by atoms with van der Waals surface area (Å²) in [6.45, 7) is 4.66. The maximum Gasteiger partial charge on any atom is 0.112 e. The van der Waals surface area contributed by atoms with Crippen LogP contribution < -0.4 is 9.80 Å². The topological polar surface area (TPSA) is 32.3 Å². The maximum absolute atomic E-state index is 4.88. The third kappa shape index (κ3) is 11.7. The average molecular weight is 1250 g/mol. The lowest BCUT2D eigenvalue weighted by Gasteiger charge is -2.35. The lowest BCUT2D eigenvalue weighted by Crippen LogP contribution is -2.29. The van der Waals surface area contributed by atoms with Crippen molar-refractivity contribution < 1.29 is 0 Å². The van der Waals surface area contributed by atoms with E-state index < -0.39 is 5.41 Å². The zero-order chi connectivity index (χ0) is 64.0. The van der Waals surface area contributed by atoms with Gasteiger partial charge in [0.1, 0.15) is 11.0 Å². The van der Waals surface area contributed by atoms with Gasteiger partial charge in [-0.3, -0.25) is 0 Å². The molecule has 5 heteroatoms. The lowest BCUT2D eigenvalue weighted by atomic mass is 9.67. The Hall–Kier alpha value is -9.94. The van der Waals surface area contributed by atoms with Crippen molar-refractivity contribution in [2.45, 2.75) is 115 Å². The van der Waals surface area contributed by atoms with Crippen molar-refractivity contribution in [3.8, 4) is 55.6 Å². The molecule has 13 aromatic rings. The molecule has 12 aromatic carbocycles. The van der Waals surface area contributed by atoms with Crippen LogP contribution in [0.15, 0.2) is 291 Å². The second-order valence-electron chi connectivity index (χ2n) is 26.3. The summed E-state index contributed by atoms with van der Waals surface area (Å²) >= 11 is 1.31. The van der Waals surface area contributed by atoms with Crippen LogP contribution in [0.5, 0.6) is 0 Å². The molecule has 468 valence electrons. The van der Waals surface area contributed by atoms with E-state index in [0.29, 0.717) is 0 Å². The number of para-hydroxylation sites is 4. The Kier molecular flexibility index (Phi) is 17.8. The fraction of sp³-hybridized carbons (Fsp3) is 0.200. The molecule has 4 nitrogen and oxygen atoms in total. The quantitative estimate of drug-likeness (QED) is 0.0534. The summed E-state index contributed by atoms with van der Waals surface area (Å²) in [7, 11) is 0. The Labute approximate surface area is 566 Å². The molecule has 0 unspecified atom stereocenters. The van der Waals surface area contributed by atoms with E-state index in [9.17, 15) is 0 Å². The third-order valence-corrected chi connectivity index (χ3v) is 21.2. The molecule has 0 amide bonds. The molecule has 0 saturated carbocycles. The van der Waals surface area contributed by atoms with Gasteiger partial charge in [-0.25, -0.2) is 0 Å². The van der Waals surface area contributed by atoms with Gasteiger partial charge in [0, 0.05) is 45.1 Å². The van der Waals surface area contributed by atoms with Crippen molar-refractivity contribution in [3.63, 3.8) is 0 Å². The van der Waals surface area contributed by atoms with Gasteiger partial charge in [0.05, 0.1) is 17.1 Å². The Balaban J connectivity index is 0.930. The normalized spacial score (nSPS) is 13.1. The number of nitrogens with zero attached hydrogens (tertiary/aromatic N) is 4. The first-order chi connectivity index (χ1) is 47.0. The molecule has 15 rings (SSSR count). The average Bonchev–Trinajstić information content (AvgIpc) is 1.55. The van der Waals surface area contributed by atoms with Crippen LogP contribution in [-0.4, -0.2) is 8.75 Å². The highest BCUT2D eigenvalue weighted by atomic mass is 32.1. The van der Waals surface area contributed by atoms with Crippen molar-refractivity contribution >= 4 is 56.9 Å². The zero-order valence-electron chi connectivity index (χ0n) is 54.8. The molecule has 2 aliphatic rings.